The lowest BCUT2D eigenvalue weighted by atomic mass is 10.0. The molecule has 2 unspecified atom stereocenters. The summed E-state index contributed by atoms with van der Waals surface area (Å²) in [5.41, 5.74) is 15.1. The Kier molecular flexibility index (Phi) is 14.2. The fourth-order valence-corrected chi connectivity index (χ4v) is 5.33. The highest BCUT2D eigenvalue weighted by molar-refractivity contribution is 6.31. The molecule has 0 aliphatic rings. The van der Waals surface area contributed by atoms with Crippen LogP contribution in [0.25, 0.3) is 28.0 Å². The van der Waals surface area contributed by atoms with Gasteiger partial charge < -0.3 is 21.8 Å². The lowest BCUT2D eigenvalue weighted by Crippen LogP contribution is -2.23. The second-order valence-electron chi connectivity index (χ2n) is 11.7. The van der Waals surface area contributed by atoms with Gasteiger partial charge in [0.15, 0.2) is 5.82 Å². The standard InChI is InChI=1S/C32H41ClFN7O.C3H8/c1-4-7-28(38-15-6-14-37-21(3)36)23-10-12-25(13-11-23)41-19-24-18-29(39-31(24)40-32(41)42)26-16-22(9-5-8-20(2)35)17-27(33)30(26)34;1-3-2/h10-13,16-20,28,38H,4-9,14-15,35H2,1-3H3,(H2,36,37)(H,39,40,42);3H2,1-2H3. The summed E-state index contributed by atoms with van der Waals surface area (Å²) in [5.74, 6) is 0.0893. The smallest absolute Gasteiger partial charge is 0.354 e. The molecular weight excluding hydrogens is 589 g/mol. The SMILES string of the molecule is CCC.CCCC(NCCCN=C(C)N)c1ccc(-n2cc3cc(-c4cc(CCCC(C)N)cc(Cl)c4F)[nH]c3nc2=O)cc1. The molecule has 10 heteroatoms. The number of aromatic nitrogens is 3. The summed E-state index contributed by atoms with van der Waals surface area (Å²) in [6.45, 7) is 11.7. The molecule has 8 nitrogen and oxygen atoms in total. The third-order valence-electron chi connectivity index (χ3n) is 7.25. The number of halogens is 2. The molecule has 45 heavy (non-hydrogen) atoms. The van der Waals surface area contributed by atoms with Gasteiger partial charge in [0.25, 0.3) is 0 Å². The Labute approximate surface area is 271 Å². The van der Waals surface area contributed by atoms with Crippen LogP contribution in [-0.4, -0.2) is 39.5 Å². The maximum Gasteiger partial charge on any atom is 0.354 e. The Hall–Kier alpha value is -3.53. The van der Waals surface area contributed by atoms with Crippen molar-refractivity contribution in [3.63, 3.8) is 0 Å². The predicted octanol–water partition coefficient (Wildman–Crippen LogP) is 7.46. The van der Waals surface area contributed by atoms with E-state index in [4.69, 9.17) is 23.1 Å². The van der Waals surface area contributed by atoms with E-state index in [1.165, 1.54) is 11.0 Å². The number of amidine groups is 1. The second kappa shape index (κ2) is 17.8. The lowest BCUT2D eigenvalue weighted by molar-refractivity contribution is 0.490. The van der Waals surface area contributed by atoms with Crippen LogP contribution in [0.15, 0.2) is 58.4 Å². The molecule has 0 aliphatic heterocycles. The molecule has 0 saturated heterocycles. The predicted molar refractivity (Wildman–Crippen MR) is 187 cm³/mol. The molecule has 2 aromatic heterocycles. The molecule has 0 spiro atoms. The van der Waals surface area contributed by atoms with Crippen LogP contribution in [0.4, 0.5) is 4.39 Å². The van der Waals surface area contributed by atoms with Crippen molar-refractivity contribution >= 4 is 28.5 Å². The Bertz CT molecular complexity index is 1590. The highest BCUT2D eigenvalue weighted by Gasteiger charge is 2.16. The van der Waals surface area contributed by atoms with Gasteiger partial charge in [0.2, 0.25) is 0 Å². The minimum absolute atomic E-state index is 0.0598. The van der Waals surface area contributed by atoms with Crippen LogP contribution in [0.5, 0.6) is 0 Å². The van der Waals surface area contributed by atoms with Crippen LogP contribution in [0.3, 0.4) is 0 Å². The first-order valence-corrected chi connectivity index (χ1v) is 16.4. The molecule has 0 fully saturated rings. The quantitative estimate of drug-likeness (QED) is 0.0648. The Morgan fingerprint density at radius 3 is 2.49 bits per heavy atom. The van der Waals surface area contributed by atoms with Crippen LogP contribution in [0.1, 0.15) is 90.3 Å². The van der Waals surface area contributed by atoms with Gasteiger partial charge >= 0.3 is 5.69 Å². The first kappa shape index (κ1) is 35.9. The number of H-pyrrole nitrogens is 1. The van der Waals surface area contributed by atoms with E-state index in [-0.39, 0.29) is 17.1 Å². The van der Waals surface area contributed by atoms with Crippen molar-refractivity contribution in [1.82, 2.24) is 19.9 Å². The van der Waals surface area contributed by atoms with Gasteiger partial charge in [-0.2, -0.15) is 4.98 Å². The molecule has 6 N–H and O–H groups in total. The van der Waals surface area contributed by atoms with Crippen molar-refractivity contribution < 1.29 is 4.39 Å². The van der Waals surface area contributed by atoms with Gasteiger partial charge in [0.05, 0.1) is 22.2 Å². The third kappa shape index (κ3) is 10.5. The van der Waals surface area contributed by atoms with Crippen molar-refractivity contribution in [3.8, 4) is 16.9 Å². The number of aromatic amines is 1. The molecule has 2 aromatic carbocycles. The van der Waals surface area contributed by atoms with Gasteiger partial charge in [-0.1, -0.05) is 57.3 Å². The Balaban J connectivity index is 0.00000177. The average molecular weight is 638 g/mol. The van der Waals surface area contributed by atoms with E-state index in [1.807, 2.05) is 31.2 Å². The van der Waals surface area contributed by atoms with Gasteiger partial charge in [0.1, 0.15) is 5.65 Å². The number of aliphatic imine (C=N–C) groups is 1. The maximum atomic E-state index is 15.1. The van der Waals surface area contributed by atoms with Crippen LogP contribution in [0.2, 0.25) is 5.02 Å². The normalized spacial score (nSPS) is 13.0. The van der Waals surface area contributed by atoms with E-state index in [1.54, 1.807) is 31.3 Å². The molecule has 4 rings (SSSR count). The largest absolute Gasteiger partial charge is 0.388 e. The number of fused-ring (bicyclic) bond motifs is 1. The van der Waals surface area contributed by atoms with Gasteiger partial charge in [-0.05, 0) is 94.0 Å². The zero-order valence-corrected chi connectivity index (χ0v) is 28.1. The molecule has 0 aliphatic carbocycles. The van der Waals surface area contributed by atoms with Gasteiger partial charge in [-0.3, -0.25) is 9.56 Å². The zero-order valence-electron chi connectivity index (χ0n) is 27.3. The van der Waals surface area contributed by atoms with Crippen molar-refractivity contribution in [2.75, 3.05) is 13.1 Å². The van der Waals surface area contributed by atoms with Crippen LogP contribution in [-0.2, 0) is 6.42 Å². The molecule has 244 valence electrons. The fraction of sp³-hybridized carbons (Fsp3) is 0.457. The number of nitrogens with two attached hydrogens (primary N) is 2. The Morgan fingerprint density at radius 2 is 1.84 bits per heavy atom. The maximum absolute atomic E-state index is 15.1. The monoisotopic (exact) mass is 637 g/mol. The van der Waals surface area contributed by atoms with Crippen molar-refractivity contribution in [3.05, 3.63) is 81.1 Å². The van der Waals surface area contributed by atoms with Gasteiger partial charge in [-0.15, -0.1) is 0 Å². The fourth-order valence-electron chi connectivity index (χ4n) is 5.09. The lowest BCUT2D eigenvalue weighted by Gasteiger charge is -2.19. The molecule has 0 radical (unpaired) electrons. The number of aryl methyl sites for hydroxylation is 1. The number of rotatable bonds is 14. The molecule has 0 bridgehead atoms. The number of hydrogen-bond acceptors (Lipinski definition) is 5. The summed E-state index contributed by atoms with van der Waals surface area (Å²) in [4.78, 5) is 24.6. The highest BCUT2D eigenvalue weighted by Crippen LogP contribution is 2.31. The van der Waals surface area contributed by atoms with E-state index in [0.29, 0.717) is 40.4 Å². The summed E-state index contributed by atoms with van der Waals surface area (Å²) in [6, 6.07) is 13.5. The zero-order chi connectivity index (χ0) is 32.9. The summed E-state index contributed by atoms with van der Waals surface area (Å²) in [5, 5.41) is 4.36. The van der Waals surface area contributed by atoms with Crippen LogP contribution < -0.4 is 22.5 Å². The third-order valence-corrected chi connectivity index (χ3v) is 7.52. The van der Waals surface area contributed by atoms with Crippen LogP contribution in [0, 0.1) is 5.82 Å². The second-order valence-corrected chi connectivity index (χ2v) is 12.1. The van der Waals surface area contributed by atoms with E-state index in [9.17, 15) is 4.79 Å². The summed E-state index contributed by atoms with van der Waals surface area (Å²) in [7, 11) is 0. The summed E-state index contributed by atoms with van der Waals surface area (Å²) < 4.78 is 16.6. The summed E-state index contributed by atoms with van der Waals surface area (Å²) >= 11 is 6.25. The topological polar surface area (TPSA) is 127 Å². The van der Waals surface area contributed by atoms with Gasteiger partial charge in [-0.25, -0.2) is 9.18 Å². The molecular formula is C35H49ClFN7O. The van der Waals surface area contributed by atoms with Gasteiger partial charge in [0, 0.05) is 35.8 Å². The van der Waals surface area contributed by atoms with E-state index in [2.05, 4.69) is 41.0 Å². The van der Waals surface area contributed by atoms with E-state index >= 15 is 4.39 Å². The number of benzene rings is 2. The number of nitrogens with one attached hydrogen (secondary N) is 2. The first-order chi connectivity index (χ1) is 21.6. The van der Waals surface area contributed by atoms with Crippen molar-refractivity contribution in [2.24, 2.45) is 16.5 Å². The summed E-state index contributed by atoms with van der Waals surface area (Å²) in [6.07, 6.45) is 8.40. The minimum atomic E-state index is -0.512. The molecule has 0 saturated carbocycles. The highest BCUT2D eigenvalue weighted by atomic mass is 35.5. The number of hydrogen-bond donors (Lipinski definition) is 4. The molecule has 0 amide bonds. The van der Waals surface area contributed by atoms with Crippen LogP contribution >= 0.6 is 11.6 Å². The van der Waals surface area contributed by atoms with E-state index < -0.39 is 11.5 Å². The molecule has 2 heterocycles. The number of nitrogens with zero attached hydrogens (tertiary/aromatic N) is 3. The first-order valence-electron chi connectivity index (χ1n) is 16.0. The molecule has 2 atom stereocenters. The average Bonchev–Trinajstić information content (AvgIpc) is 3.40. The van der Waals surface area contributed by atoms with E-state index in [0.717, 1.165) is 56.2 Å². The Morgan fingerprint density at radius 1 is 1.13 bits per heavy atom. The van der Waals surface area contributed by atoms with Crippen molar-refractivity contribution in [2.45, 2.75) is 91.6 Å². The minimum Gasteiger partial charge on any atom is -0.388 e. The molecule has 4 aromatic rings. The van der Waals surface area contributed by atoms with Crippen molar-refractivity contribution in [1.29, 1.82) is 0 Å².